The summed E-state index contributed by atoms with van der Waals surface area (Å²) in [6, 6.07) is 0. The molecule has 6 aromatic heterocycles. The number of hydrogen-bond acceptors (Lipinski definition) is 23. The Morgan fingerprint density at radius 2 is 0.775 bits per heavy atom. The van der Waals surface area contributed by atoms with E-state index in [1.165, 1.54) is 23.0 Å². The van der Waals surface area contributed by atoms with E-state index >= 15 is 0 Å². The van der Waals surface area contributed by atoms with Crippen LogP contribution in [0, 0.1) is 13.8 Å². The van der Waals surface area contributed by atoms with Gasteiger partial charge in [-0.2, -0.15) is 9.97 Å². The zero-order valence-electron chi connectivity index (χ0n) is 47.7. The number of aromatic nitrogens is 12. The van der Waals surface area contributed by atoms with E-state index in [0.717, 1.165) is 53.8 Å². The molecule has 0 saturated carbocycles. The van der Waals surface area contributed by atoms with Gasteiger partial charge in [0, 0.05) is 75.9 Å². The Balaban J connectivity index is 1.15. The highest BCUT2D eigenvalue weighted by molar-refractivity contribution is 5.89. The number of primary amides is 1. The Bertz CT molecular complexity index is 4080. The van der Waals surface area contributed by atoms with Crippen molar-refractivity contribution in [2.75, 3.05) is 103 Å². The lowest BCUT2D eigenvalue weighted by molar-refractivity contribution is -0.138. The fraction of sp³-hybridized carbons (Fsp3) is 0.417. The minimum absolute atomic E-state index is 0.0362. The van der Waals surface area contributed by atoms with E-state index < -0.39 is 184 Å². The van der Waals surface area contributed by atoms with Crippen molar-refractivity contribution in [3.63, 3.8) is 0 Å². The maximum Gasteiger partial charge on any atom is 0.328 e. The highest BCUT2D eigenvalue weighted by Gasteiger charge is 2.26. The van der Waals surface area contributed by atoms with Gasteiger partial charge in [0.25, 0.3) is 22.2 Å². The molecule has 0 aromatic carbocycles. The molecule has 0 aliphatic heterocycles. The second-order valence-electron chi connectivity index (χ2n) is 19.5. The number of amides is 10. The number of nitrogens with one attached hydrogen (secondary N) is 9. The zero-order valence-corrected chi connectivity index (χ0v) is 47.7. The van der Waals surface area contributed by atoms with Gasteiger partial charge in [0.15, 0.2) is 22.3 Å². The van der Waals surface area contributed by atoms with Crippen LogP contribution in [0.15, 0.2) is 53.8 Å². The van der Waals surface area contributed by atoms with Crippen LogP contribution in [0.4, 0.5) is 11.9 Å². The number of rotatable bonds is 31. The smallest absolute Gasteiger partial charge is 0.328 e. The largest absolute Gasteiger partial charge is 0.369 e. The monoisotopic (exact) mass is 1250 g/mol. The Labute approximate surface area is 497 Å². The van der Waals surface area contributed by atoms with Crippen LogP contribution in [0.25, 0.3) is 22.3 Å². The van der Waals surface area contributed by atoms with Gasteiger partial charge in [-0.1, -0.05) is 0 Å². The number of anilines is 2. The van der Waals surface area contributed by atoms with Crippen molar-refractivity contribution in [1.29, 1.82) is 0 Å². The molecule has 6 rings (SSSR count). The van der Waals surface area contributed by atoms with E-state index in [0.29, 0.717) is 0 Å². The molecule has 0 saturated heterocycles. The van der Waals surface area contributed by atoms with Gasteiger partial charge < -0.3 is 78.3 Å². The van der Waals surface area contributed by atoms with E-state index in [1.807, 2.05) is 4.98 Å². The van der Waals surface area contributed by atoms with Crippen LogP contribution in [-0.2, 0) is 74.1 Å². The Kier molecular flexibility index (Phi) is 22.7. The molecule has 0 aliphatic carbocycles. The summed E-state index contributed by atoms with van der Waals surface area (Å²) in [5.74, 6) is -8.66. The first-order valence-electron chi connectivity index (χ1n) is 26.6. The van der Waals surface area contributed by atoms with E-state index in [9.17, 15) is 76.7 Å². The Hall–Kier alpha value is -11.7. The quantitative estimate of drug-likeness (QED) is 0.0192. The lowest BCUT2D eigenvalue weighted by Crippen LogP contribution is -2.50. The molecule has 10 amide bonds. The summed E-state index contributed by atoms with van der Waals surface area (Å²) in [4.78, 5) is 235. The van der Waals surface area contributed by atoms with Crippen molar-refractivity contribution in [1.82, 2.24) is 104 Å². The number of fused-ring (bicyclic) bond motifs is 2. The van der Waals surface area contributed by atoms with Crippen molar-refractivity contribution in [3.05, 3.63) is 98.6 Å². The van der Waals surface area contributed by atoms with Crippen LogP contribution in [0.1, 0.15) is 11.1 Å². The van der Waals surface area contributed by atoms with E-state index in [4.69, 9.17) is 22.9 Å². The molecule has 0 unspecified atom stereocenters. The summed E-state index contributed by atoms with van der Waals surface area (Å²) >= 11 is 0. The number of nitrogens with two attached hydrogens (primary N) is 4. The van der Waals surface area contributed by atoms with Crippen molar-refractivity contribution >= 4 is 93.3 Å². The standard InChI is InChI=1S/C48H63N25O16/c1-25-13-70(47(88)64-41(25)84)19-33(80)66(15-29(76)56-6-10-69(18-32(79)57-12-27(50)74)34(81)20-71-14-26(2)42(85)65-48(71)89)8-4-54-31(78)17-68(36(83)22-73-24-59-38-40(73)61-46(52)63-44(38)87)9-5-55-30(77)16-67(7-3-53-28(75)11-49)35(82)21-72-23-58-37-39(72)60-45(51)62-43(37)86/h13-14,23-24H,3-12,15-22,49H2,1-2H3,(H2,50,74)(H,53,75)(H,54,78)(H,55,77)(H,56,76)(H,57,79)(H,64,84,88)(H,65,85,89)(H3,51,60,62,86)(H3,52,61,63,87). The summed E-state index contributed by atoms with van der Waals surface area (Å²) in [6.07, 6.45) is 4.50. The molecule has 476 valence electrons. The first kappa shape index (κ1) is 66.5. The third-order valence-electron chi connectivity index (χ3n) is 12.8. The number of hydrogen-bond donors (Lipinski definition) is 13. The molecule has 17 N–H and O–H groups in total. The van der Waals surface area contributed by atoms with E-state index in [-0.39, 0.29) is 71.5 Å². The van der Waals surface area contributed by atoms with Crippen molar-refractivity contribution in [3.8, 4) is 0 Å². The summed E-state index contributed by atoms with van der Waals surface area (Å²) < 4.78 is 4.12. The molecule has 0 spiro atoms. The molecule has 0 radical (unpaired) electrons. The molecule has 41 heteroatoms. The number of nitrogen functional groups attached to an aromatic ring is 2. The lowest BCUT2D eigenvalue weighted by atomic mass is 10.3. The SMILES string of the molecule is Cc1cn(CC(=O)N(CCNC(=O)CN(CCNC(=O)CN(CCNC(=O)CN)C(=O)Cn2cnc3c(=O)[nH]c(N)nc32)C(=O)Cn2cnc3c(=O)[nH]c(N)nc32)CC(=O)NCCN(CC(=O)NCC(N)=O)C(=O)Cn2cc(C)c(=O)[nH]c2=O)c(=O)[nH]c1=O. The molecule has 89 heavy (non-hydrogen) atoms. The zero-order chi connectivity index (χ0) is 65.2. The van der Waals surface area contributed by atoms with Gasteiger partial charge in [-0.3, -0.25) is 96.2 Å². The molecule has 41 nitrogen and oxygen atoms in total. The first-order valence-corrected chi connectivity index (χ1v) is 26.6. The first-order chi connectivity index (χ1) is 42.2. The van der Waals surface area contributed by atoms with Crippen LogP contribution in [0.2, 0.25) is 0 Å². The average Bonchev–Trinajstić information content (AvgIpc) is 2.72. The number of carbonyl (C=O) groups excluding carboxylic acids is 10. The fourth-order valence-corrected chi connectivity index (χ4v) is 8.29. The highest BCUT2D eigenvalue weighted by Crippen LogP contribution is 2.10. The van der Waals surface area contributed by atoms with Gasteiger partial charge in [0.1, 0.15) is 26.2 Å². The maximum atomic E-state index is 14.1. The van der Waals surface area contributed by atoms with Crippen LogP contribution in [0.3, 0.4) is 0 Å². The highest BCUT2D eigenvalue weighted by atomic mass is 16.2. The van der Waals surface area contributed by atoms with Gasteiger partial charge >= 0.3 is 11.4 Å². The maximum absolute atomic E-state index is 14.1. The van der Waals surface area contributed by atoms with E-state index in [2.05, 4.69) is 61.5 Å². The summed E-state index contributed by atoms with van der Waals surface area (Å²) in [7, 11) is 0. The molecule has 0 atom stereocenters. The minimum atomic E-state index is -0.978. The van der Waals surface area contributed by atoms with Gasteiger partial charge in [-0.25, -0.2) is 19.6 Å². The van der Waals surface area contributed by atoms with Gasteiger partial charge in [-0.15, -0.1) is 0 Å². The molecule has 6 aromatic rings. The second-order valence-corrected chi connectivity index (χ2v) is 19.5. The van der Waals surface area contributed by atoms with E-state index in [1.54, 1.807) is 0 Å². The number of aryl methyl sites for hydroxylation is 2. The molecule has 6 heterocycles. The Morgan fingerprint density at radius 1 is 0.461 bits per heavy atom. The average molecular weight is 1250 g/mol. The van der Waals surface area contributed by atoms with Crippen LogP contribution < -0.4 is 83.1 Å². The molecular formula is C48H63N25O16. The summed E-state index contributed by atoms with van der Waals surface area (Å²) in [6.45, 7) is -6.35. The fourth-order valence-electron chi connectivity index (χ4n) is 8.29. The molecule has 0 fully saturated rings. The predicted octanol–water partition coefficient (Wildman–Crippen LogP) is -11.5. The minimum Gasteiger partial charge on any atom is -0.369 e. The van der Waals surface area contributed by atoms with Crippen molar-refractivity contribution < 1.29 is 47.9 Å². The number of imidazole rings is 2. The number of H-pyrrole nitrogens is 4. The second kappa shape index (κ2) is 30.4. The number of nitrogens with zero attached hydrogens (tertiary/aromatic N) is 12. The number of aromatic amines is 4. The third kappa shape index (κ3) is 18.9. The van der Waals surface area contributed by atoms with Crippen molar-refractivity contribution in [2.45, 2.75) is 40.0 Å². The van der Waals surface area contributed by atoms with Gasteiger partial charge in [-0.05, 0) is 13.8 Å². The normalized spacial score (nSPS) is 11.0. The number of carbonyl (C=O) groups is 10. The topological polar surface area (TPSA) is 585 Å². The molecular weight excluding hydrogens is 1180 g/mol. The summed E-state index contributed by atoms with van der Waals surface area (Å²) in [5, 5.41) is 12.3. The van der Waals surface area contributed by atoms with Crippen LogP contribution in [0.5, 0.6) is 0 Å². The Morgan fingerprint density at radius 3 is 1.10 bits per heavy atom. The van der Waals surface area contributed by atoms with Gasteiger partial charge in [0.05, 0.1) is 51.9 Å². The van der Waals surface area contributed by atoms with Crippen LogP contribution >= 0.6 is 0 Å². The lowest BCUT2D eigenvalue weighted by Gasteiger charge is -2.26. The predicted molar refractivity (Wildman–Crippen MR) is 307 cm³/mol. The molecule has 0 aliphatic rings. The molecule has 0 bridgehead atoms. The third-order valence-corrected chi connectivity index (χ3v) is 12.8. The summed E-state index contributed by atoms with van der Waals surface area (Å²) in [5.41, 5.74) is 16.9. The van der Waals surface area contributed by atoms with Crippen molar-refractivity contribution in [2.24, 2.45) is 11.5 Å². The van der Waals surface area contributed by atoms with Crippen LogP contribution in [-0.4, -0.2) is 228 Å². The van der Waals surface area contributed by atoms with Gasteiger partial charge in [0.2, 0.25) is 71.0 Å².